The number of rotatable bonds is 8. The van der Waals surface area contributed by atoms with Crippen LogP contribution in [0.2, 0.25) is 0 Å². The van der Waals surface area contributed by atoms with Crippen molar-refractivity contribution in [1.82, 2.24) is 19.9 Å². The van der Waals surface area contributed by atoms with Crippen LogP contribution in [0.4, 0.5) is 0 Å². The zero-order valence-corrected chi connectivity index (χ0v) is 13.3. The molecule has 2 rings (SSSR count). The Bertz CT molecular complexity index is 547. The highest BCUT2D eigenvalue weighted by atomic mass is 15.1. The molecule has 0 spiro atoms. The van der Waals surface area contributed by atoms with E-state index in [-0.39, 0.29) is 0 Å². The number of aromatic nitrogens is 3. The maximum Gasteiger partial charge on any atom is 0.110 e. The lowest BCUT2D eigenvalue weighted by Crippen LogP contribution is -2.26. The Hall–Kier alpha value is -1.68. The van der Waals surface area contributed by atoms with Gasteiger partial charge in [0.25, 0.3) is 0 Å². The number of hydrogen-bond acceptors (Lipinski definition) is 3. The Labute approximate surface area is 127 Å². The topological polar surface area (TPSA) is 42.7 Å². The van der Waals surface area contributed by atoms with Crippen molar-refractivity contribution in [3.05, 3.63) is 47.8 Å². The first-order valence-electron chi connectivity index (χ1n) is 7.90. The SMILES string of the molecule is CCCNC(Cc1nccn1CCC)c1ccncc1C. The molecule has 0 amide bonds. The van der Waals surface area contributed by atoms with Gasteiger partial charge >= 0.3 is 0 Å². The summed E-state index contributed by atoms with van der Waals surface area (Å²) in [6.07, 6.45) is 11.0. The fraction of sp³-hybridized carbons (Fsp3) is 0.529. The van der Waals surface area contributed by atoms with Crippen molar-refractivity contribution in [2.45, 2.75) is 52.6 Å². The molecule has 0 aliphatic heterocycles. The molecule has 21 heavy (non-hydrogen) atoms. The van der Waals surface area contributed by atoms with E-state index in [1.807, 2.05) is 18.6 Å². The van der Waals surface area contributed by atoms with Crippen LogP contribution in [-0.2, 0) is 13.0 Å². The van der Waals surface area contributed by atoms with E-state index in [1.165, 1.54) is 11.1 Å². The van der Waals surface area contributed by atoms with Gasteiger partial charge in [-0.05, 0) is 43.5 Å². The Kier molecular flexibility index (Phi) is 5.93. The number of nitrogens with one attached hydrogen (secondary N) is 1. The van der Waals surface area contributed by atoms with Crippen LogP contribution in [0.5, 0.6) is 0 Å². The fourth-order valence-electron chi connectivity index (χ4n) is 2.64. The predicted octanol–water partition coefficient (Wildman–Crippen LogP) is 3.28. The van der Waals surface area contributed by atoms with Gasteiger partial charge in [-0.15, -0.1) is 0 Å². The molecule has 0 aliphatic carbocycles. The zero-order chi connectivity index (χ0) is 15.1. The summed E-state index contributed by atoms with van der Waals surface area (Å²) in [4.78, 5) is 8.75. The van der Waals surface area contributed by atoms with Crippen LogP contribution in [0.3, 0.4) is 0 Å². The third kappa shape index (κ3) is 4.14. The van der Waals surface area contributed by atoms with Crippen molar-refractivity contribution in [3.8, 4) is 0 Å². The standard InChI is InChI=1S/C17H26N4/c1-4-7-19-16(15-6-8-18-13-14(15)3)12-17-20-9-11-21(17)10-5-2/h6,8-9,11,13,16,19H,4-5,7,10,12H2,1-3H3. The van der Waals surface area contributed by atoms with Crippen LogP contribution in [0, 0.1) is 6.92 Å². The lowest BCUT2D eigenvalue weighted by atomic mass is 10.00. The highest BCUT2D eigenvalue weighted by molar-refractivity contribution is 5.26. The molecular weight excluding hydrogens is 260 g/mol. The molecule has 4 heteroatoms. The second kappa shape index (κ2) is 7.93. The van der Waals surface area contributed by atoms with Crippen LogP contribution < -0.4 is 5.32 Å². The molecule has 0 aliphatic rings. The first kappa shape index (κ1) is 15.7. The number of nitrogens with zero attached hydrogens (tertiary/aromatic N) is 3. The van der Waals surface area contributed by atoms with Crippen LogP contribution in [0.15, 0.2) is 30.9 Å². The molecule has 2 aromatic heterocycles. The van der Waals surface area contributed by atoms with Crippen LogP contribution in [0.1, 0.15) is 49.7 Å². The largest absolute Gasteiger partial charge is 0.335 e. The van der Waals surface area contributed by atoms with Crippen molar-refractivity contribution < 1.29 is 0 Å². The molecule has 0 saturated carbocycles. The molecule has 1 unspecified atom stereocenters. The van der Waals surface area contributed by atoms with E-state index in [9.17, 15) is 0 Å². The molecule has 2 aromatic rings. The van der Waals surface area contributed by atoms with Gasteiger partial charge in [-0.2, -0.15) is 0 Å². The Morgan fingerprint density at radius 2 is 2.10 bits per heavy atom. The second-order valence-corrected chi connectivity index (χ2v) is 5.48. The van der Waals surface area contributed by atoms with Gasteiger partial charge in [0.05, 0.1) is 0 Å². The number of imidazole rings is 1. The first-order chi connectivity index (χ1) is 10.3. The Balaban J connectivity index is 2.20. The maximum absolute atomic E-state index is 4.55. The summed E-state index contributed by atoms with van der Waals surface area (Å²) in [5.74, 6) is 1.15. The van der Waals surface area contributed by atoms with Crippen molar-refractivity contribution in [1.29, 1.82) is 0 Å². The molecule has 0 aromatic carbocycles. The lowest BCUT2D eigenvalue weighted by Gasteiger charge is -2.21. The van der Waals surface area contributed by atoms with E-state index >= 15 is 0 Å². The van der Waals surface area contributed by atoms with E-state index in [2.05, 4.69) is 52.9 Å². The van der Waals surface area contributed by atoms with Gasteiger partial charge in [-0.25, -0.2) is 4.98 Å². The summed E-state index contributed by atoms with van der Waals surface area (Å²) < 4.78 is 2.26. The molecule has 1 N–H and O–H groups in total. The quantitative estimate of drug-likeness (QED) is 0.810. The Morgan fingerprint density at radius 1 is 1.24 bits per heavy atom. The van der Waals surface area contributed by atoms with E-state index in [0.29, 0.717) is 6.04 Å². The van der Waals surface area contributed by atoms with Crippen molar-refractivity contribution >= 4 is 0 Å². The van der Waals surface area contributed by atoms with E-state index < -0.39 is 0 Å². The molecule has 2 heterocycles. The number of hydrogen-bond donors (Lipinski definition) is 1. The maximum atomic E-state index is 4.55. The van der Waals surface area contributed by atoms with Gasteiger partial charge in [-0.1, -0.05) is 13.8 Å². The summed E-state index contributed by atoms with van der Waals surface area (Å²) in [7, 11) is 0. The van der Waals surface area contributed by atoms with Crippen LogP contribution >= 0.6 is 0 Å². The second-order valence-electron chi connectivity index (χ2n) is 5.48. The average molecular weight is 286 g/mol. The number of pyridine rings is 1. The summed E-state index contributed by atoms with van der Waals surface area (Å²) in [6.45, 7) is 8.57. The normalized spacial score (nSPS) is 12.5. The zero-order valence-electron chi connectivity index (χ0n) is 13.3. The van der Waals surface area contributed by atoms with E-state index in [1.54, 1.807) is 0 Å². The van der Waals surface area contributed by atoms with Gasteiger partial charge in [0.15, 0.2) is 0 Å². The van der Waals surface area contributed by atoms with Gasteiger partial charge < -0.3 is 9.88 Å². The van der Waals surface area contributed by atoms with Crippen LogP contribution in [-0.4, -0.2) is 21.1 Å². The van der Waals surface area contributed by atoms with E-state index in [4.69, 9.17) is 0 Å². The molecule has 1 atom stereocenters. The molecule has 0 saturated heterocycles. The van der Waals surface area contributed by atoms with Crippen molar-refractivity contribution in [2.75, 3.05) is 6.54 Å². The molecule has 4 nitrogen and oxygen atoms in total. The predicted molar refractivity (Wildman–Crippen MR) is 86.2 cm³/mol. The average Bonchev–Trinajstić information content (AvgIpc) is 2.92. The highest BCUT2D eigenvalue weighted by Gasteiger charge is 2.16. The van der Waals surface area contributed by atoms with E-state index in [0.717, 1.165) is 38.2 Å². The van der Waals surface area contributed by atoms with Crippen molar-refractivity contribution in [3.63, 3.8) is 0 Å². The molecule has 0 bridgehead atoms. The summed E-state index contributed by atoms with van der Waals surface area (Å²) in [5, 5.41) is 3.65. The van der Waals surface area contributed by atoms with Gasteiger partial charge in [0, 0.05) is 43.8 Å². The fourth-order valence-corrected chi connectivity index (χ4v) is 2.64. The third-order valence-corrected chi connectivity index (χ3v) is 3.73. The smallest absolute Gasteiger partial charge is 0.110 e. The molecular formula is C17H26N4. The number of aryl methyl sites for hydroxylation is 2. The van der Waals surface area contributed by atoms with Gasteiger partial charge in [0.2, 0.25) is 0 Å². The monoisotopic (exact) mass is 286 g/mol. The lowest BCUT2D eigenvalue weighted by molar-refractivity contribution is 0.500. The first-order valence-corrected chi connectivity index (χ1v) is 7.90. The third-order valence-electron chi connectivity index (χ3n) is 3.73. The minimum atomic E-state index is 0.297. The van der Waals surface area contributed by atoms with Crippen LogP contribution in [0.25, 0.3) is 0 Å². The molecule has 0 radical (unpaired) electrons. The summed E-state index contributed by atoms with van der Waals surface area (Å²) >= 11 is 0. The highest BCUT2D eigenvalue weighted by Crippen LogP contribution is 2.20. The summed E-state index contributed by atoms with van der Waals surface area (Å²) in [5.41, 5.74) is 2.56. The minimum Gasteiger partial charge on any atom is -0.335 e. The minimum absolute atomic E-state index is 0.297. The molecule has 114 valence electrons. The summed E-state index contributed by atoms with van der Waals surface area (Å²) in [6, 6.07) is 2.42. The Morgan fingerprint density at radius 3 is 2.81 bits per heavy atom. The van der Waals surface area contributed by atoms with Gasteiger partial charge in [0.1, 0.15) is 5.82 Å². The van der Waals surface area contributed by atoms with Gasteiger partial charge in [-0.3, -0.25) is 4.98 Å². The molecule has 0 fully saturated rings. The van der Waals surface area contributed by atoms with Crippen molar-refractivity contribution in [2.24, 2.45) is 0 Å².